The molecule has 1 aliphatic rings. The van der Waals surface area contributed by atoms with E-state index in [1.165, 1.54) is 20.0 Å². The van der Waals surface area contributed by atoms with Gasteiger partial charge in [-0.1, -0.05) is 19.3 Å². The van der Waals surface area contributed by atoms with Gasteiger partial charge in [0, 0.05) is 6.04 Å². The predicted octanol–water partition coefficient (Wildman–Crippen LogP) is 0.836. The number of carbonyl (C=O) groups is 1. The first-order valence-corrected chi connectivity index (χ1v) is 5.18. The summed E-state index contributed by atoms with van der Waals surface area (Å²) in [5, 5.41) is 0. The zero-order valence-corrected chi connectivity index (χ0v) is 8.70. The topological polar surface area (TPSA) is 61.5 Å². The van der Waals surface area contributed by atoms with Crippen LogP contribution in [-0.2, 0) is 14.3 Å². The zero-order valence-electron chi connectivity index (χ0n) is 8.70. The van der Waals surface area contributed by atoms with Gasteiger partial charge in [-0.05, 0) is 12.8 Å². The van der Waals surface area contributed by atoms with Crippen LogP contribution in [0.4, 0.5) is 0 Å². The summed E-state index contributed by atoms with van der Waals surface area (Å²) in [6.45, 7) is 0.0227. The first-order chi connectivity index (χ1) is 6.74. The molecule has 4 heteroatoms. The normalized spacial score (nSPS) is 28.1. The molecule has 2 atom stereocenters. The number of nitrogens with two attached hydrogens (primary N) is 1. The van der Waals surface area contributed by atoms with E-state index in [-0.39, 0.29) is 24.7 Å². The van der Waals surface area contributed by atoms with Crippen LogP contribution in [0.15, 0.2) is 0 Å². The lowest BCUT2D eigenvalue weighted by molar-refractivity contribution is -0.148. The van der Waals surface area contributed by atoms with E-state index in [4.69, 9.17) is 10.5 Å². The van der Waals surface area contributed by atoms with Crippen LogP contribution in [0.1, 0.15) is 32.1 Å². The molecule has 0 aromatic carbocycles. The summed E-state index contributed by atoms with van der Waals surface area (Å²) in [7, 11) is 1.36. The SMILES string of the molecule is COC(=O)COC1CCCCCC1N. The first-order valence-electron chi connectivity index (χ1n) is 5.18. The van der Waals surface area contributed by atoms with Gasteiger partial charge in [-0.25, -0.2) is 4.79 Å². The van der Waals surface area contributed by atoms with E-state index >= 15 is 0 Å². The average molecular weight is 201 g/mol. The van der Waals surface area contributed by atoms with Gasteiger partial charge in [0.2, 0.25) is 0 Å². The van der Waals surface area contributed by atoms with Crippen LogP contribution in [0.3, 0.4) is 0 Å². The molecule has 4 nitrogen and oxygen atoms in total. The number of rotatable bonds is 3. The van der Waals surface area contributed by atoms with Gasteiger partial charge in [-0.2, -0.15) is 0 Å². The van der Waals surface area contributed by atoms with E-state index in [1.54, 1.807) is 0 Å². The van der Waals surface area contributed by atoms with E-state index < -0.39 is 0 Å². The van der Waals surface area contributed by atoms with E-state index in [9.17, 15) is 4.79 Å². The molecule has 14 heavy (non-hydrogen) atoms. The maximum Gasteiger partial charge on any atom is 0.331 e. The number of esters is 1. The molecule has 82 valence electrons. The largest absolute Gasteiger partial charge is 0.467 e. The second-order valence-corrected chi connectivity index (χ2v) is 3.73. The molecule has 0 radical (unpaired) electrons. The minimum Gasteiger partial charge on any atom is -0.467 e. The smallest absolute Gasteiger partial charge is 0.331 e. The van der Waals surface area contributed by atoms with Gasteiger partial charge in [-0.3, -0.25) is 0 Å². The van der Waals surface area contributed by atoms with Crippen molar-refractivity contribution in [3.05, 3.63) is 0 Å². The van der Waals surface area contributed by atoms with Crippen molar-refractivity contribution in [3.63, 3.8) is 0 Å². The highest BCUT2D eigenvalue weighted by Gasteiger charge is 2.21. The minimum atomic E-state index is -0.332. The van der Waals surface area contributed by atoms with Gasteiger partial charge in [0.15, 0.2) is 0 Å². The van der Waals surface area contributed by atoms with Gasteiger partial charge < -0.3 is 15.2 Å². The van der Waals surface area contributed by atoms with Crippen molar-refractivity contribution in [1.82, 2.24) is 0 Å². The summed E-state index contributed by atoms with van der Waals surface area (Å²) < 4.78 is 9.93. The standard InChI is InChI=1S/C10H19NO3/c1-13-10(12)7-14-9-6-4-2-3-5-8(9)11/h8-9H,2-7,11H2,1H3. The Bertz CT molecular complexity index is 184. The minimum absolute atomic E-state index is 0.0227. The Morgan fingerprint density at radius 3 is 2.79 bits per heavy atom. The third kappa shape index (κ3) is 3.64. The second kappa shape index (κ2) is 5.98. The monoisotopic (exact) mass is 201 g/mol. The molecule has 1 rings (SSSR count). The maximum absolute atomic E-state index is 10.9. The Kier molecular flexibility index (Phi) is 4.90. The van der Waals surface area contributed by atoms with Gasteiger partial charge in [-0.15, -0.1) is 0 Å². The fourth-order valence-corrected chi connectivity index (χ4v) is 1.74. The third-order valence-corrected chi connectivity index (χ3v) is 2.65. The van der Waals surface area contributed by atoms with Crippen molar-refractivity contribution < 1.29 is 14.3 Å². The number of carbonyl (C=O) groups excluding carboxylic acids is 1. The number of hydrogen-bond donors (Lipinski definition) is 1. The highest BCUT2D eigenvalue weighted by molar-refractivity contribution is 5.70. The van der Waals surface area contributed by atoms with Crippen molar-refractivity contribution in [1.29, 1.82) is 0 Å². The Morgan fingerprint density at radius 1 is 1.36 bits per heavy atom. The maximum atomic E-state index is 10.9. The van der Waals surface area contributed by atoms with Gasteiger partial charge in [0.25, 0.3) is 0 Å². The Morgan fingerprint density at radius 2 is 2.07 bits per heavy atom. The molecule has 1 saturated carbocycles. The van der Waals surface area contributed by atoms with Crippen molar-refractivity contribution in [2.75, 3.05) is 13.7 Å². The van der Waals surface area contributed by atoms with Crippen molar-refractivity contribution in [2.24, 2.45) is 5.73 Å². The summed E-state index contributed by atoms with van der Waals surface area (Å²) in [5.41, 5.74) is 5.93. The van der Waals surface area contributed by atoms with Crippen molar-refractivity contribution in [3.8, 4) is 0 Å². The highest BCUT2D eigenvalue weighted by atomic mass is 16.6. The van der Waals surface area contributed by atoms with E-state index in [0.717, 1.165) is 19.3 Å². The van der Waals surface area contributed by atoms with Crippen LogP contribution in [0.2, 0.25) is 0 Å². The van der Waals surface area contributed by atoms with Crippen LogP contribution in [-0.4, -0.2) is 31.8 Å². The fourth-order valence-electron chi connectivity index (χ4n) is 1.74. The molecule has 0 heterocycles. The molecule has 0 aromatic heterocycles. The molecule has 0 spiro atoms. The Balaban J connectivity index is 2.29. The van der Waals surface area contributed by atoms with Gasteiger partial charge in [0.1, 0.15) is 6.61 Å². The molecule has 1 fully saturated rings. The summed E-state index contributed by atoms with van der Waals surface area (Å²) in [5.74, 6) is -0.332. The molecule has 0 amide bonds. The molecule has 0 bridgehead atoms. The molecule has 0 aromatic rings. The van der Waals surface area contributed by atoms with Gasteiger partial charge in [0.05, 0.1) is 13.2 Å². The molecule has 2 unspecified atom stereocenters. The molecule has 0 aliphatic heterocycles. The third-order valence-electron chi connectivity index (χ3n) is 2.65. The summed E-state index contributed by atoms with van der Waals surface area (Å²) >= 11 is 0. The zero-order chi connectivity index (χ0) is 10.4. The summed E-state index contributed by atoms with van der Waals surface area (Å²) in [4.78, 5) is 10.9. The molecule has 0 saturated heterocycles. The first kappa shape index (κ1) is 11.5. The van der Waals surface area contributed by atoms with Crippen LogP contribution in [0, 0.1) is 0 Å². The lowest BCUT2D eigenvalue weighted by Crippen LogP contribution is -2.37. The number of ether oxygens (including phenoxy) is 2. The van der Waals surface area contributed by atoms with Crippen LogP contribution >= 0.6 is 0 Å². The average Bonchev–Trinajstić information content (AvgIpc) is 2.39. The van der Waals surface area contributed by atoms with E-state index in [0.29, 0.717) is 0 Å². The number of hydrogen-bond acceptors (Lipinski definition) is 4. The van der Waals surface area contributed by atoms with Gasteiger partial charge >= 0.3 is 5.97 Å². The second-order valence-electron chi connectivity index (χ2n) is 3.73. The number of methoxy groups -OCH3 is 1. The quantitative estimate of drug-likeness (QED) is 0.543. The summed E-state index contributed by atoms with van der Waals surface area (Å²) in [6.07, 6.45) is 5.49. The van der Waals surface area contributed by atoms with E-state index in [2.05, 4.69) is 4.74 Å². The summed E-state index contributed by atoms with van der Waals surface area (Å²) in [6, 6.07) is 0.0714. The molecule has 2 N–H and O–H groups in total. The van der Waals surface area contributed by atoms with Crippen LogP contribution in [0.25, 0.3) is 0 Å². The molecular weight excluding hydrogens is 182 g/mol. The fraction of sp³-hybridized carbons (Fsp3) is 0.900. The van der Waals surface area contributed by atoms with Crippen molar-refractivity contribution >= 4 is 5.97 Å². The van der Waals surface area contributed by atoms with Crippen LogP contribution in [0.5, 0.6) is 0 Å². The predicted molar refractivity (Wildman–Crippen MR) is 52.8 cm³/mol. The van der Waals surface area contributed by atoms with E-state index in [1.807, 2.05) is 0 Å². The Hall–Kier alpha value is -0.610. The van der Waals surface area contributed by atoms with Crippen LogP contribution < -0.4 is 5.73 Å². The lowest BCUT2D eigenvalue weighted by Gasteiger charge is -2.20. The molecular formula is C10H19NO3. The van der Waals surface area contributed by atoms with Crippen molar-refractivity contribution in [2.45, 2.75) is 44.2 Å². The Labute approximate surface area is 84.7 Å². The highest BCUT2D eigenvalue weighted by Crippen LogP contribution is 2.19. The lowest BCUT2D eigenvalue weighted by atomic mass is 10.1. The molecule has 1 aliphatic carbocycles.